The molecule has 298 valence electrons. The molecule has 8 rings (SSSR count). The van der Waals surface area contributed by atoms with E-state index in [-0.39, 0.29) is 35.5 Å². The van der Waals surface area contributed by atoms with Crippen molar-refractivity contribution in [2.75, 3.05) is 48.3 Å². The molecule has 0 bridgehead atoms. The van der Waals surface area contributed by atoms with Gasteiger partial charge in [-0.25, -0.2) is 9.48 Å². The quantitative estimate of drug-likeness (QED) is 0.127. The zero-order valence-electron chi connectivity index (χ0n) is 32.3. The second-order valence-corrected chi connectivity index (χ2v) is 15.6. The highest BCUT2D eigenvalue weighted by atomic mass is 16.5. The number of nitrogens with two attached hydrogens (primary N) is 1. The molecule has 4 aliphatic rings. The van der Waals surface area contributed by atoms with Gasteiger partial charge in [-0.3, -0.25) is 24.6 Å². The molecule has 16 nitrogen and oxygen atoms in total. The fourth-order valence-electron chi connectivity index (χ4n) is 8.46. The van der Waals surface area contributed by atoms with Crippen LogP contribution in [0.4, 0.5) is 17.2 Å². The molecule has 57 heavy (non-hydrogen) atoms. The van der Waals surface area contributed by atoms with Crippen LogP contribution in [0.2, 0.25) is 0 Å². The van der Waals surface area contributed by atoms with E-state index in [0.29, 0.717) is 79.4 Å². The zero-order valence-corrected chi connectivity index (χ0v) is 32.3. The molecule has 6 N–H and O–H groups in total. The van der Waals surface area contributed by atoms with Crippen molar-refractivity contribution in [1.29, 1.82) is 0 Å². The number of quaternary nitrogens is 1. The SMILES string of the molecule is CC(C)C([NH3+])C(=O)Oc1ccccc1-c1cc(-n2cc(N3CCN(C4CCC(c5cccc6c5OCCN6C5CCC(=O)NC5=O)CC4)CC3=O)cn2)c(N)nn1. The first kappa shape index (κ1) is 38.0. The summed E-state index contributed by atoms with van der Waals surface area (Å²) in [5.74, 6) is 0.779. The van der Waals surface area contributed by atoms with Crippen LogP contribution < -0.4 is 36.1 Å². The molecule has 2 aromatic carbocycles. The summed E-state index contributed by atoms with van der Waals surface area (Å²) in [7, 11) is 0. The number of fused-ring (bicyclic) bond motifs is 1. The highest BCUT2D eigenvalue weighted by molar-refractivity contribution is 6.02. The summed E-state index contributed by atoms with van der Waals surface area (Å²) in [5.41, 5.74) is 14.4. The minimum atomic E-state index is -0.530. The Morgan fingerprint density at radius 3 is 2.56 bits per heavy atom. The molecule has 4 aromatic rings. The number of aromatic nitrogens is 4. The summed E-state index contributed by atoms with van der Waals surface area (Å²) in [6.45, 7) is 6.49. The van der Waals surface area contributed by atoms with Crippen molar-refractivity contribution in [1.82, 2.24) is 30.2 Å². The van der Waals surface area contributed by atoms with E-state index in [2.05, 4.69) is 42.2 Å². The monoisotopic (exact) mass is 777 g/mol. The summed E-state index contributed by atoms with van der Waals surface area (Å²) < 4.78 is 13.6. The van der Waals surface area contributed by atoms with Crippen molar-refractivity contribution in [3.63, 3.8) is 0 Å². The number of amides is 3. The van der Waals surface area contributed by atoms with E-state index in [0.717, 1.165) is 43.7 Å². The number of hydrogen-bond donors (Lipinski definition) is 3. The molecule has 3 amide bonds. The molecule has 2 unspecified atom stereocenters. The van der Waals surface area contributed by atoms with Gasteiger partial charge in [-0.05, 0) is 67.9 Å². The summed E-state index contributed by atoms with van der Waals surface area (Å²) in [5, 5.41) is 15.5. The highest BCUT2D eigenvalue weighted by Crippen LogP contribution is 2.45. The minimum Gasteiger partial charge on any atom is -0.489 e. The second kappa shape index (κ2) is 15.9. The van der Waals surface area contributed by atoms with Crippen LogP contribution in [0, 0.1) is 5.92 Å². The van der Waals surface area contributed by atoms with Crippen LogP contribution in [0.5, 0.6) is 11.5 Å². The van der Waals surface area contributed by atoms with Crippen LogP contribution in [0.25, 0.3) is 16.9 Å². The second-order valence-electron chi connectivity index (χ2n) is 15.6. The number of carbonyl (C=O) groups is 4. The number of piperazine rings is 1. The largest absolute Gasteiger partial charge is 0.489 e. The highest BCUT2D eigenvalue weighted by Gasteiger charge is 2.38. The molecule has 1 aliphatic carbocycles. The van der Waals surface area contributed by atoms with Crippen LogP contribution >= 0.6 is 0 Å². The van der Waals surface area contributed by atoms with E-state index in [1.165, 1.54) is 5.56 Å². The van der Waals surface area contributed by atoms with E-state index in [1.807, 2.05) is 32.0 Å². The van der Waals surface area contributed by atoms with Crippen molar-refractivity contribution < 1.29 is 34.4 Å². The minimum absolute atomic E-state index is 0.00404. The van der Waals surface area contributed by atoms with Gasteiger partial charge in [-0.15, -0.1) is 10.2 Å². The average Bonchev–Trinajstić information content (AvgIpc) is 3.70. The maximum Gasteiger partial charge on any atom is 0.370 e. The maximum absolute atomic E-state index is 13.6. The van der Waals surface area contributed by atoms with Crippen molar-refractivity contribution in [2.45, 2.75) is 76.4 Å². The molecule has 16 heteroatoms. The number of ether oxygens (including phenoxy) is 2. The third kappa shape index (κ3) is 7.66. The number of anilines is 3. The van der Waals surface area contributed by atoms with Crippen molar-refractivity contribution >= 4 is 40.9 Å². The molecule has 2 atom stereocenters. The summed E-state index contributed by atoms with van der Waals surface area (Å²) in [6, 6.07) is 14.4. The van der Waals surface area contributed by atoms with Gasteiger partial charge in [0.25, 0.3) is 0 Å². The van der Waals surface area contributed by atoms with Gasteiger partial charge >= 0.3 is 5.97 Å². The Labute approximate surface area is 330 Å². The van der Waals surface area contributed by atoms with Crippen molar-refractivity contribution in [3.05, 3.63) is 66.5 Å². The predicted octanol–water partition coefficient (Wildman–Crippen LogP) is 2.46. The van der Waals surface area contributed by atoms with Gasteiger partial charge in [0.15, 0.2) is 11.9 Å². The van der Waals surface area contributed by atoms with E-state index < -0.39 is 12.0 Å². The number of para-hydroxylation sites is 2. The van der Waals surface area contributed by atoms with E-state index in [1.54, 1.807) is 46.2 Å². The lowest BCUT2D eigenvalue weighted by atomic mass is 9.80. The van der Waals surface area contributed by atoms with E-state index in [9.17, 15) is 19.2 Å². The van der Waals surface area contributed by atoms with E-state index >= 15 is 0 Å². The Kier molecular flexibility index (Phi) is 10.6. The Morgan fingerprint density at radius 2 is 1.79 bits per heavy atom. The summed E-state index contributed by atoms with van der Waals surface area (Å²) in [6.07, 6.45) is 8.11. The standard InChI is InChI=1S/C41H48N10O6/c1-24(2)37(42)41(55)57-34-9-4-3-6-29(34)30-20-33(39(43)47-46-30)51-22-27(21-44-51)49-17-16-48(23-36(49)53)26-12-10-25(11-13-26)28-7-5-8-31-38(28)56-19-18-50(31)32-14-15-35(52)45-40(32)54/h3-9,20-22,24-26,32,37H,10-19,23,42H2,1-2H3,(H2,43,47)(H,45,52,54)/p+1. The van der Waals surface area contributed by atoms with Crippen LogP contribution in [-0.2, 0) is 19.2 Å². The van der Waals surface area contributed by atoms with Crippen LogP contribution in [0.15, 0.2) is 60.9 Å². The molecule has 3 fully saturated rings. The Morgan fingerprint density at radius 1 is 0.982 bits per heavy atom. The molecular weight excluding hydrogens is 729 g/mol. The normalized spacial score (nSPS) is 22.2. The third-order valence-corrected chi connectivity index (χ3v) is 11.8. The van der Waals surface area contributed by atoms with Crippen molar-refractivity contribution in [3.8, 4) is 28.4 Å². The number of carbonyl (C=O) groups excluding carboxylic acids is 4. The Balaban J connectivity index is 0.902. The van der Waals surface area contributed by atoms with Gasteiger partial charge in [-0.1, -0.05) is 38.1 Å². The van der Waals surface area contributed by atoms with Crippen LogP contribution in [-0.4, -0.2) is 99.5 Å². The maximum atomic E-state index is 13.6. The summed E-state index contributed by atoms with van der Waals surface area (Å²) in [4.78, 5) is 57.1. The number of esters is 1. The number of imide groups is 1. The van der Waals surface area contributed by atoms with E-state index in [4.69, 9.17) is 15.2 Å². The first-order valence-corrected chi connectivity index (χ1v) is 19.8. The van der Waals surface area contributed by atoms with Gasteiger partial charge in [-0.2, -0.15) is 5.10 Å². The molecule has 0 spiro atoms. The van der Waals surface area contributed by atoms with Gasteiger partial charge < -0.3 is 30.7 Å². The molecule has 2 saturated heterocycles. The topological polar surface area (TPSA) is 206 Å². The molecule has 5 heterocycles. The Bertz CT molecular complexity index is 2180. The average molecular weight is 778 g/mol. The number of nitrogens with zero attached hydrogens (tertiary/aromatic N) is 7. The predicted molar refractivity (Wildman–Crippen MR) is 211 cm³/mol. The number of nitrogens with one attached hydrogen (secondary N) is 1. The first-order chi connectivity index (χ1) is 27.5. The van der Waals surface area contributed by atoms with Gasteiger partial charge in [0.1, 0.15) is 29.8 Å². The fraction of sp³-hybridized carbons (Fsp3) is 0.439. The molecule has 1 saturated carbocycles. The number of piperidine rings is 1. The van der Waals surface area contributed by atoms with Crippen LogP contribution in [0.1, 0.15) is 63.9 Å². The lowest BCUT2D eigenvalue weighted by Gasteiger charge is -2.42. The molecular formula is C41H49N10O6+. The van der Waals surface area contributed by atoms with Crippen LogP contribution in [0.3, 0.4) is 0 Å². The lowest BCUT2D eigenvalue weighted by Crippen LogP contribution is -2.68. The molecule has 2 aromatic heterocycles. The van der Waals surface area contributed by atoms with Gasteiger partial charge in [0, 0.05) is 37.0 Å². The van der Waals surface area contributed by atoms with Gasteiger partial charge in [0.2, 0.25) is 17.7 Å². The fourth-order valence-corrected chi connectivity index (χ4v) is 8.46. The number of rotatable bonds is 9. The van der Waals surface area contributed by atoms with Crippen molar-refractivity contribution in [2.24, 2.45) is 5.92 Å². The third-order valence-electron chi connectivity index (χ3n) is 11.8. The number of hydrogen-bond acceptors (Lipinski definition) is 12. The first-order valence-electron chi connectivity index (χ1n) is 19.8. The molecule has 3 aliphatic heterocycles. The lowest BCUT2D eigenvalue weighted by molar-refractivity contribution is -0.417. The zero-order chi connectivity index (χ0) is 39.8. The smallest absolute Gasteiger partial charge is 0.370 e. The molecule has 0 radical (unpaired) electrons. The number of benzene rings is 2. The number of nitrogen functional groups attached to an aromatic ring is 1. The van der Waals surface area contributed by atoms with Gasteiger partial charge in [0.05, 0.1) is 42.6 Å². The Hall–Kier alpha value is -5.87. The summed E-state index contributed by atoms with van der Waals surface area (Å²) >= 11 is 0.